The predicted molar refractivity (Wildman–Crippen MR) is 92.9 cm³/mol. The van der Waals surface area contributed by atoms with Crippen LogP contribution in [-0.4, -0.2) is 25.2 Å². The molecule has 5 heteroatoms. The number of nitrogens with zero attached hydrogens (tertiary/aromatic N) is 1. The van der Waals surface area contributed by atoms with Crippen molar-refractivity contribution in [2.24, 2.45) is 5.92 Å². The molecular formula is C19H21NO3S. The monoisotopic (exact) mass is 343 g/mol. The molecule has 0 spiro atoms. The van der Waals surface area contributed by atoms with Crippen molar-refractivity contribution in [3.05, 3.63) is 65.7 Å². The molecule has 1 aliphatic heterocycles. The van der Waals surface area contributed by atoms with E-state index in [0.29, 0.717) is 12.8 Å². The van der Waals surface area contributed by atoms with Crippen molar-refractivity contribution in [3.8, 4) is 0 Å². The number of amides is 1. The molecule has 0 bridgehead atoms. The molecule has 1 saturated heterocycles. The number of carbonyl (C=O) groups is 1. The van der Waals surface area contributed by atoms with Gasteiger partial charge in [-0.2, -0.15) is 0 Å². The first-order valence-electron chi connectivity index (χ1n) is 8.15. The fourth-order valence-electron chi connectivity index (χ4n) is 3.08. The van der Waals surface area contributed by atoms with E-state index in [0.717, 1.165) is 21.9 Å². The minimum Gasteiger partial charge on any atom is -0.273 e. The summed E-state index contributed by atoms with van der Waals surface area (Å²) in [5.74, 6) is -0.563. The van der Waals surface area contributed by atoms with E-state index < -0.39 is 10.0 Å². The highest BCUT2D eigenvalue weighted by Gasteiger charge is 2.36. The Labute approximate surface area is 143 Å². The molecule has 0 saturated carbocycles. The third-order valence-electron chi connectivity index (χ3n) is 4.44. The van der Waals surface area contributed by atoms with Crippen molar-refractivity contribution in [1.29, 1.82) is 0 Å². The second-order valence-electron chi connectivity index (χ2n) is 6.26. The average Bonchev–Trinajstić information content (AvgIpc) is 2.58. The SMILES string of the molecule is Cc1ccc(S(=O)(=O)N2CCCC(Cc3ccccc3)C2=O)cc1. The van der Waals surface area contributed by atoms with Gasteiger partial charge in [-0.15, -0.1) is 0 Å². The van der Waals surface area contributed by atoms with Gasteiger partial charge in [-0.1, -0.05) is 48.0 Å². The van der Waals surface area contributed by atoms with Crippen LogP contribution in [0.2, 0.25) is 0 Å². The van der Waals surface area contributed by atoms with Gasteiger partial charge in [0.15, 0.2) is 0 Å². The first-order valence-corrected chi connectivity index (χ1v) is 9.59. The van der Waals surface area contributed by atoms with Crippen molar-refractivity contribution in [2.75, 3.05) is 6.54 Å². The van der Waals surface area contributed by atoms with Gasteiger partial charge in [0.05, 0.1) is 4.90 Å². The predicted octanol–water partition coefficient (Wildman–Crippen LogP) is 3.17. The summed E-state index contributed by atoms with van der Waals surface area (Å²) < 4.78 is 26.7. The van der Waals surface area contributed by atoms with Crippen LogP contribution in [0.1, 0.15) is 24.0 Å². The Morgan fingerprint density at radius 1 is 1.04 bits per heavy atom. The molecule has 1 fully saturated rings. The number of carbonyl (C=O) groups excluding carboxylic acids is 1. The second-order valence-corrected chi connectivity index (χ2v) is 8.12. The average molecular weight is 343 g/mol. The second kappa shape index (κ2) is 6.77. The molecule has 2 aromatic rings. The molecule has 0 aromatic heterocycles. The molecule has 0 aliphatic carbocycles. The highest BCUT2D eigenvalue weighted by Crippen LogP contribution is 2.27. The number of benzene rings is 2. The zero-order valence-corrected chi connectivity index (χ0v) is 14.5. The molecular weight excluding hydrogens is 322 g/mol. The van der Waals surface area contributed by atoms with E-state index in [1.54, 1.807) is 24.3 Å². The standard InChI is InChI=1S/C19H21NO3S/c1-15-9-11-18(12-10-15)24(22,23)20-13-5-8-17(19(20)21)14-16-6-3-2-4-7-16/h2-4,6-7,9-12,17H,5,8,13-14H2,1H3. The molecule has 1 heterocycles. The fourth-order valence-corrected chi connectivity index (χ4v) is 4.57. The number of rotatable bonds is 4. The Morgan fingerprint density at radius 3 is 2.38 bits per heavy atom. The van der Waals surface area contributed by atoms with Crippen LogP contribution in [0.4, 0.5) is 0 Å². The van der Waals surface area contributed by atoms with E-state index in [9.17, 15) is 13.2 Å². The van der Waals surface area contributed by atoms with Crippen LogP contribution in [0.25, 0.3) is 0 Å². The molecule has 1 atom stereocenters. The van der Waals surface area contributed by atoms with Crippen LogP contribution in [0.15, 0.2) is 59.5 Å². The summed E-state index contributed by atoms with van der Waals surface area (Å²) in [5, 5.41) is 0. The van der Waals surface area contributed by atoms with Gasteiger partial charge in [0.2, 0.25) is 5.91 Å². The third-order valence-corrected chi connectivity index (χ3v) is 6.25. The van der Waals surface area contributed by atoms with E-state index in [1.807, 2.05) is 37.3 Å². The van der Waals surface area contributed by atoms with Gasteiger partial charge in [-0.05, 0) is 43.9 Å². The van der Waals surface area contributed by atoms with E-state index in [2.05, 4.69) is 0 Å². The van der Waals surface area contributed by atoms with Crippen LogP contribution in [-0.2, 0) is 21.2 Å². The number of hydrogen-bond acceptors (Lipinski definition) is 3. The summed E-state index contributed by atoms with van der Waals surface area (Å²) in [7, 11) is -3.77. The minimum absolute atomic E-state index is 0.182. The van der Waals surface area contributed by atoms with Crippen molar-refractivity contribution in [1.82, 2.24) is 4.31 Å². The largest absolute Gasteiger partial charge is 0.273 e. The molecule has 24 heavy (non-hydrogen) atoms. The lowest BCUT2D eigenvalue weighted by Gasteiger charge is -2.31. The minimum atomic E-state index is -3.77. The smallest absolute Gasteiger partial charge is 0.266 e. The molecule has 1 unspecified atom stereocenters. The zero-order chi connectivity index (χ0) is 17.2. The van der Waals surface area contributed by atoms with Gasteiger partial charge in [-0.3, -0.25) is 4.79 Å². The van der Waals surface area contributed by atoms with Gasteiger partial charge >= 0.3 is 0 Å². The summed E-state index contributed by atoms with van der Waals surface area (Å²) in [6.45, 7) is 2.17. The quantitative estimate of drug-likeness (QED) is 0.857. The number of aryl methyl sites for hydroxylation is 1. The maximum atomic E-state index is 12.8. The Hall–Kier alpha value is -2.14. The summed E-state index contributed by atoms with van der Waals surface area (Å²) in [4.78, 5) is 12.9. The van der Waals surface area contributed by atoms with E-state index in [-0.39, 0.29) is 23.3 Å². The Kier molecular flexibility index (Phi) is 4.71. The molecule has 126 valence electrons. The van der Waals surface area contributed by atoms with E-state index >= 15 is 0 Å². The molecule has 1 amide bonds. The zero-order valence-electron chi connectivity index (χ0n) is 13.7. The molecule has 1 aliphatic rings. The Bertz CT molecular complexity index is 813. The highest BCUT2D eigenvalue weighted by atomic mass is 32.2. The molecule has 0 N–H and O–H groups in total. The summed E-state index contributed by atoms with van der Waals surface area (Å²) in [5.41, 5.74) is 2.05. The van der Waals surface area contributed by atoms with Crippen LogP contribution in [0, 0.1) is 12.8 Å². The summed E-state index contributed by atoms with van der Waals surface area (Å²) in [6, 6.07) is 16.4. The van der Waals surface area contributed by atoms with Crippen LogP contribution >= 0.6 is 0 Å². The first-order chi connectivity index (χ1) is 11.5. The third kappa shape index (κ3) is 3.36. The Morgan fingerprint density at radius 2 is 1.71 bits per heavy atom. The number of hydrogen-bond donors (Lipinski definition) is 0. The topological polar surface area (TPSA) is 54.5 Å². The lowest BCUT2D eigenvalue weighted by atomic mass is 9.91. The molecule has 4 nitrogen and oxygen atoms in total. The normalized spacial score (nSPS) is 18.6. The van der Waals surface area contributed by atoms with Crippen molar-refractivity contribution in [3.63, 3.8) is 0 Å². The summed E-state index contributed by atoms with van der Waals surface area (Å²) >= 11 is 0. The molecule has 3 rings (SSSR count). The number of piperidine rings is 1. The van der Waals surface area contributed by atoms with Gasteiger partial charge < -0.3 is 0 Å². The maximum absolute atomic E-state index is 12.8. The van der Waals surface area contributed by atoms with E-state index in [4.69, 9.17) is 0 Å². The maximum Gasteiger partial charge on any atom is 0.266 e. The lowest BCUT2D eigenvalue weighted by Crippen LogP contribution is -2.45. The van der Waals surface area contributed by atoms with Gasteiger partial charge in [0, 0.05) is 12.5 Å². The first kappa shape index (κ1) is 16.7. The van der Waals surface area contributed by atoms with Gasteiger partial charge in [-0.25, -0.2) is 12.7 Å². The fraction of sp³-hybridized carbons (Fsp3) is 0.316. The van der Waals surface area contributed by atoms with Crippen molar-refractivity contribution < 1.29 is 13.2 Å². The van der Waals surface area contributed by atoms with Crippen molar-refractivity contribution >= 4 is 15.9 Å². The number of sulfonamides is 1. The molecule has 0 radical (unpaired) electrons. The van der Waals surface area contributed by atoms with Gasteiger partial charge in [0.1, 0.15) is 0 Å². The highest BCUT2D eigenvalue weighted by molar-refractivity contribution is 7.89. The van der Waals surface area contributed by atoms with Gasteiger partial charge in [0.25, 0.3) is 10.0 Å². The van der Waals surface area contributed by atoms with Crippen LogP contribution in [0.5, 0.6) is 0 Å². The summed E-state index contributed by atoms with van der Waals surface area (Å²) in [6.07, 6.45) is 2.02. The molecule has 2 aromatic carbocycles. The van der Waals surface area contributed by atoms with E-state index in [1.165, 1.54) is 0 Å². The lowest BCUT2D eigenvalue weighted by molar-refractivity contribution is -0.132. The van der Waals surface area contributed by atoms with Crippen molar-refractivity contribution in [2.45, 2.75) is 31.1 Å². The van der Waals surface area contributed by atoms with Crippen LogP contribution in [0.3, 0.4) is 0 Å². The van der Waals surface area contributed by atoms with Crippen LogP contribution < -0.4 is 0 Å². The Balaban J connectivity index is 1.83.